The van der Waals surface area contributed by atoms with Crippen molar-refractivity contribution in [3.63, 3.8) is 0 Å². The number of carbonyl (C=O) groups excluding carboxylic acids is 1. The molecular weight excluding hydrogens is 380 g/mol. The van der Waals surface area contributed by atoms with E-state index in [0.29, 0.717) is 0 Å². The normalized spacial score (nSPS) is 18.7. The Labute approximate surface area is 179 Å². The highest BCUT2D eigenvalue weighted by molar-refractivity contribution is 5.94. The molecule has 0 saturated carbocycles. The number of ether oxygens (including phenoxy) is 3. The van der Waals surface area contributed by atoms with Crippen molar-refractivity contribution in [1.29, 1.82) is 0 Å². The van der Waals surface area contributed by atoms with Crippen LogP contribution in [0.25, 0.3) is 0 Å². The van der Waals surface area contributed by atoms with Gasteiger partial charge in [-0.2, -0.15) is 0 Å². The van der Waals surface area contributed by atoms with Gasteiger partial charge in [0.1, 0.15) is 45.0 Å². The molecule has 0 atom stereocenters. The van der Waals surface area contributed by atoms with Crippen LogP contribution in [0.15, 0.2) is 30.3 Å². The SMILES string of the molecule is COc1ccc(C(C)=O)cc1C[NH+]1CC[NH+](Cc2cc(OC)c(OC)cc2C)CC1. The zero-order valence-corrected chi connectivity index (χ0v) is 18.8. The molecular formula is C24H34N2O4+2. The second kappa shape index (κ2) is 9.96. The van der Waals surface area contributed by atoms with Gasteiger partial charge in [0, 0.05) is 16.7 Å². The highest BCUT2D eigenvalue weighted by atomic mass is 16.5. The van der Waals surface area contributed by atoms with Gasteiger partial charge < -0.3 is 24.0 Å². The van der Waals surface area contributed by atoms with Crippen LogP contribution in [-0.2, 0) is 13.1 Å². The fourth-order valence-corrected chi connectivity index (χ4v) is 4.20. The summed E-state index contributed by atoms with van der Waals surface area (Å²) in [6.45, 7) is 10.0. The maximum Gasteiger partial charge on any atom is 0.161 e. The molecule has 2 N–H and O–H groups in total. The van der Waals surface area contributed by atoms with Crippen LogP contribution in [0.5, 0.6) is 17.2 Å². The van der Waals surface area contributed by atoms with Crippen LogP contribution < -0.4 is 24.0 Å². The van der Waals surface area contributed by atoms with Gasteiger partial charge in [0.2, 0.25) is 0 Å². The van der Waals surface area contributed by atoms with Crippen LogP contribution >= 0.6 is 0 Å². The molecule has 1 heterocycles. The van der Waals surface area contributed by atoms with Crippen molar-refractivity contribution in [2.45, 2.75) is 26.9 Å². The number of piperazine rings is 1. The number of hydrogen-bond donors (Lipinski definition) is 2. The summed E-state index contributed by atoms with van der Waals surface area (Å²) in [4.78, 5) is 14.9. The predicted octanol–water partition coefficient (Wildman–Crippen LogP) is 0.707. The molecule has 0 amide bonds. The molecule has 2 aromatic rings. The molecule has 1 aliphatic heterocycles. The van der Waals surface area contributed by atoms with Crippen molar-refractivity contribution in [2.75, 3.05) is 47.5 Å². The third-order valence-corrected chi connectivity index (χ3v) is 6.07. The first-order chi connectivity index (χ1) is 14.4. The summed E-state index contributed by atoms with van der Waals surface area (Å²) < 4.78 is 16.4. The molecule has 2 aromatic carbocycles. The molecule has 162 valence electrons. The molecule has 0 radical (unpaired) electrons. The first kappa shape index (κ1) is 22.1. The van der Waals surface area contributed by atoms with E-state index in [0.717, 1.165) is 67.6 Å². The number of benzene rings is 2. The molecule has 1 aliphatic rings. The fourth-order valence-electron chi connectivity index (χ4n) is 4.20. The number of quaternary nitrogens is 2. The van der Waals surface area contributed by atoms with Crippen LogP contribution in [0.2, 0.25) is 0 Å². The first-order valence-corrected chi connectivity index (χ1v) is 10.5. The summed E-state index contributed by atoms with van der Waals surface area (Å²) in [7, 11) is 5.04. The molecule has 0 spiro atoms. The van der Waals surface area contributed by atoms with Crippen LogP contribution in [0.3, 0.4) is 0 Å². The highest BCUT2D eigenvalue weighted by Gasteiger charge is 2.25. The Morgan fingerprint density at radius 2 is 1.33 bits per heavy atom. The lowest BCUT2D eigenvalue weighted by Crippen LogP contribution is -3.27. The zero-order chi connectivity index (χ0) is 21.7. The Morgan fingerprint density at radius 1 is 0.800 bits per heavy atom. The molecule has 6 heteroatoms. The Kier molecular flexibility index (Phi) is 7.34. The zero-order valence-electron chi connectivity index (χ0n) is 18.8. The van der Waals surface area contributed by atoms with Crippen molar-refractivity contribution < 1.29 is 28.8 Å². The molecule has 0 unspecified atom stereocenters. The molecule has 3 rings (SSSR count). The highest BCUT2D eigenvalue weighted by Crippen LogP contribution is 2.29. The van der Waals surface area contributed by atoms with Gasteiger partial charge in [-0.15, -0.1) is 0 Å². The van der Waals surface area contributed by atoms with Gasteiger partial charge >= 0.3 is 0 Å². The first-order valence-electron chi connectivity index (χ1n) is 10.5. The average molecular weight is 415 g/mol. The summed E-state index contributed by atoms with van der Waals surface area (Å²) in [6.07, 6.45) is 0. The van der Waals surface area contributed by atoms with Crippen LogP contribution in [0.1, 0.15) is 34.0 Å². The van der Waals surface area contributed by atoms with Crippen molar-refractivity contribution in [2.24, 2.45) is 0 Å². The number of Topliss-reactive ketones (excluding diaryl/α,β-unsaturated/α-hetero) is 1. The predicted molar refractivity (Wildman–Crippen MR) is 116 cm³/mol. The maximum atomic E-state index is 11.8. The quantitative estimate of drug-likeness (QED) is 0.625. The number of rotatable bonds is 8. The molecule has 6 nitrogen and oxygen atoms in total. The largest absolute Gasteiger partial charge is 0.496 e. The molecule has 1 saturated heterocycles. The lowest BCUT2D eigenvalue weighted by atomic mass is 10.1. The Morgan fingerprint density at radius 3 is 1.87 bits per heavy atom. The van der Waals surface area contributed by atoms with Gasteiger partial charge in [0.05, 0.1) is 21.3 Å². The second-order valence-electron chi connectivity index (χ2n) is 8.07. The number of ketones is 1. The van der Waals surface area contributed by atoms with E-state index >= 15 is 0 Å². The smallest absolute Gasteiger partial charge is 0.161 e. The van der Waals surface area contributed by atoms with Crippen LogP contribution in [0, 0.1) is 6.92 Å². The lowest BCUT2D eigenvalue weighted by molar-refractivity contribution is -1.02. The van der Waals surface area contributed by atoms with Gasteiger partial charge in [-0.05, 0) is 49.7 Å². The van der Waals surface area contributed by atoms with Gasteiger partial charge in [-0.3, -0.25) is 4.79 Å². The number of methoxy groups -OCH3 is 3. The Hall–Kier alpha value is -2.57. The Bertz CT molecular complexity index is 889. The second-order valence-corrected chi connectivity index (χ2v) is 8.07. The van der Waals surface area contributed by atoms with Crippen LogP contribution in [0.4, 0.5) is 0 Å². The topological polar surface area (TPSA) is 53.6 Å². The maximum absolute atomic E-state index is 11.8. The summed E-state index contributed by atoms with van der Waals surface area (Å²) in [5.74, 6) is 2.53. The number of hydrogen-bond acceptors (Lipinski definition) is 4. The van der Waals surface area contributed by atoms with Gasteiger partial charge in [-0.25, -0.2) is 0 Å². The third kappa shape index (κ3) is 5.12. The molecule has 0 bridgehead atoms. The molecule has 0 aromatic heterocycles. The summed E-state index contributed by atoms with van der Waals surface area (Å²) >= 11 is 0. The van der Waals surface area contributed by atoms with E-state index < -0.39 is 0 Å². The van der Waals surface area contributed by atoms with E-state index in [2.05, 4.69) is 19.1 Å². The summed E-state index contributed by atoms with van der Waals surface area (Å²) in [6, 6.07) is 9.91. The standard InChI is InChI=1S/C24H32N2O4/c1-17-12-23(29-4)24(30-5)14-20(17)15-25-8-10-26(11-9-25)16-21-13-19(18(2)27)6-7-22(21)28-3/h6-7,12-14H,8-11,15-16H2,1-5H3/p+2. The monoisotopic (exact) mass is 414 g/mol. The fraction of sp³-hybridized carbons (Fsp3) is 0.458. The molecule has 30 heavy (non-hydrogen) atoms. The summed E-state index contributed by atoms with van der Waals surface area (Å²) in [5, 5.41) is 0. The van der Waals surface area contributed by atoms with Gasteiger partial charge in [0.15, 0.2) is 17.3 Å². The van der Waals surface area contributed by atoms with E-state index in [4.69, 9.17) is 14.2 Å². The molecule has 0 aliphatic carbocycles. The average Bonchev–Trinajstić information content (AvgIpc) is 2.76. The van der Waals surface area contributed by atoms with Gasteiger partial charge in [-0.1, -0.05) is 0 Å². The number of nitrogens with one attached hydrogen (secondary N) is 2. The van der Waals surface area contributed by atoms with E-state index in [1.807, 2.05) is 18.2 Å². The van der Waals surface area contributed by atoms with Gasteiger partial charge in [0.25, 0.3) is 0 Å². The van der Waals surface area contributed by atoms with E-state index in [9.17, 15) is 4.79 Å². The van der Waals surface area contributed by atoms with Crippen molar-refractivity contribution in [3.05, 3.63) is 52.6 Å². The summed E-state index contributed by atoms with van der Waals surface area (Å²) in [5.41, 5.74) is 4.40. The lowest BCUT2D eigenvalue weighted by Gasteiger charge is -2.30. The number of aryl methyl sites for hydroxylation is 1. The third-order valence-electron chi connectivity index (χ3n) is 6.07. The Balaban J connectivity index is 1.62. The van der Waals surface area contributed by atoms with E-state index in [1.165, 1.54) is 16.0 Å². The van der Waals surface area contributed by atoms with E-state index in [1.54, 1.807) is 33.2 Å². The van der Waals surface area contributed by atoms with E-state index in [-0.39, 0.29) is 5.78 Å². The van der Waals surface area contributed by atoms with Crippen molar-refractivity contribution >= 4 is 5.78 Å². The molecule has 1 fully saturated rings. The minimum atomic E-state index is 0.0912. The van der Waals surface area contributed by atoms with Crippen molar-refractivity contribution in [1.82, 2.24) is 0 Å². The van der Waals surface area contributed by atoms with Crippen molar-refractivity contribution in [3.8, 4) is 17.2 Å². The van der Waals surface area contributed by atoms with Crippen LogP contribution in [-0.4, -0.2) is 53.3 Å². The minimum Gasteiger partial charge on any atom is -0.496 e. The minimum absolute atomic E-state index is 0.0912. The number of carbonyl (C=O) groups is 1.